The molecule has 28 heavy (non-hydrogen) atoms. The van der Waals surface area contributed by atoms with E-state index in [9.17, 15) is 4.79 Å². The summed E-state index contributed by atoms with van der Waals surface area (Å²) in [5, 5.41) is 3.06. The second-order valence-corrected chi connectivity index (χ2v) is 7.32. The maximum atomic E-state index is 12.7. The molecule has 3 rings (SSSR count). The van der Waals surface area contributed by atoms with E-state index in [0.717, 1.165) is 13.0 Å². The minimum Gasteiger partial charge on any atom is -0.493 e. The zero-order chi connectivity index (χ0) is 20.3. The molecule has 0 saturated carbocycles. The van der Waals surface area contributed by atoms with Crippen molar-refractivity contribution in [1.82, 2.24) is 10.2 Å². The standard InChI is InChI=1S/C22H29N3O3/c1-24(2)19(15-6-8-18-16(12-15)10-11-25(18)3)14-23-22(26)17-7-9-20(27-4)21(13-17)28-5/h6-9,12-13,19H,10-11,14H2,1-5H3,(H,23,26). The third kappa shape index (κ3) is 4.07. The van der Waals surface area contributed by atoms with E-state index in [1.54, 1.807) is 32.4 Å². The highest BCUT2D eigenvalue weighted by molar-refractivity contribution is 5.94. The Labute approximate surface area is 167 Å². The minimum atomic E-state index is -0.131. The van der Waals surface area contributed by atoms with Crippen LogP contribution < -0.4 is 19.7 Å². The quantitative estimate of drug-likeness (QED) is 0.797. The summed E-state index contributed by atoms with van der Waals surface area (Å²) in [5.74, 6) is 1.02. The molecule has 1 N–H and O–H groups in total. The molecule has 1 unspecified atom stereocenters. The van der Waals surface area contributed by atoms with Gasteiger partial charge in [-0.15, -0.1) is 0 Å². The molecule has 6 nitrogen and oxygen atoms in total. The molecule has 1 atom stereocenters. The first-order chi connectivity index (χ1) is 13.4. The molecule has 0 aromatic heterocycles. The lowest BCUT2D eigenvalue weighted by atomic mass is 10.0. The van der Waals surface area contributed by atoms with Gasteiger partial charge in [-0.1, -0.05) is 12.1 Å². The second-order valence-electron chi connectivity index (χ2n) is 7.32. The zero-order valence-corrected chi connectivity index (χ0v) is 17.3. The van der Waals surface area contributed by atoms with E-state index >= 15 is 0 Å². The Balaban J connectivity index is 1.73. The fourth-order valence-corrected chi connectivity index (χ4v) is 3.66. The van der Waals surface area contributed by atoms with E-state index in [-0.39, 0.29) is 11.9 Å². The molecule has 150 valence electrons. The molecule has 1 amide bonds. The van der Waals surface area contributed by atoms with Gasteiger partial charge in [0, 0.05) is 31.4 Å². The first-order valence-electron chi connectivity index (χ1n) is 9.45. The van der Waals surface area contributed by atoms with E-state index in [2.05, 4.69) is 40.4 Å². The number of nitrogens with one attached hydrogen (secondary N) is 1. The summed E-state index contributed by atoms with van der Waals surface area (Å²) in [5.41, 5.74) is 4.44. The Morgan fingerprint density at radius 3 is 2.57 bits per heavy atom. The number of amides is 1. The highest BCUT2D eigenvalue weighted by Crippen LogP contribution is 2.31. The zero-order valence-electron chi connectivity index (χ0n) is 17.3. The van der Waals surface area contributed by atoms with E-state index in [1.165, 1.54) is 16.8 Å². The molecule has 2 aromatic carbocycles. The first kappa shape index (κ1) is 20.0. The van der Waals surface area contributed by atoms with Crippen LogP contribution in [0.15, 0.2) is 36.4 Å². The highest BCUT2D eigenvalue weighted by Gasteiger charge is 2.21. The summed E-state index contributed by atoms with van der Waals surface area (Å²) in [6.07, 6.45) is 1.07. The Morgan fingerprint density at radius 2 is 1.89 bits per heavy atom. The van der Waals surface area contributed by atoms with Gasteiger partial charge in [0.05, 0.1) is 20.3 Å². The van der Waals surface area contributed by atoms with Crippen molar-refractivity contribution in [2.24, 2.45) is 0 Å². The average Bonchev–Trinajstić information content (AvgIpc) is 3.07. The summed E-state index contributed by atoms with van der Waals surface area (Å²) >= 11 is 0. The number of fused-ring (bicyclic) bond motifs is 1. The molecule has 6 heteroatoms. The van der Waals surface area contributed by atoms with Crippen LogP contribution in [0.4, 0.5) is 5.69 Å². The predicted molar refractivity (Wildman–Crippen MR) is 112 cm³/mol. The van der Waals surface area contributed by atoms with Crippen molar-refractivity contribution in [2.45, 2.75) is 12.5 Å². The lowest BCUT2D eigenvalue weighted by molar-refractivity contribution is 0.0941. The van der Waals surface area contributed by atoms with Gasteiger partial charge in [0.1, 0.15) is 0 Å². The summed E-state index contributed by atoms with van der Waals surface area (Å²) in [4.78, 5) is 17.1. The molecular formula is C22H29N3O3. The topological polar surface area (TPSA) is 54.0 Å². The van der Waals surface area contributed by atoms with Crippen molar-refractivity contribution in [1.29, 1.82) is 0 Å². The third-order valence-electron chi connectivity index (χ3n) is 5.34. The van der Waals surface area contributed by atoms with Crippen LogP contribution in [0.25, 0.3) is 0 Å². The number of hydrogen-bond donors (Lipinski definition) is 1. The Morgan fingerprint density at radius 1 is 1.14 bits per heavy atom. The van der Waals surface area contributed by atoms with Crippen LogP contribution in [0, 0.1) is 0 Å². The number of nitrogens with zero attached hydrogens (tertiary/aromatic N) is 2. The lowest BCUT2D eigenvalue weighted by Crippen LogP contribution is -2.34. The number of rotatable bonds is 7. The number of methoxy groups -OCH3 is 2. The number of carbonyl (C=O) groups excluding carboxylic acids is 1. The highest BCUT2D eigenvalue weighted by atomic mass is 16.5. The molecular weight excluding hydrogens is 354 g/mol. The monoisotopic (exact) mass is 383 g/mol. The molecule has 0 saturated heterocycles. The van der Waals surface area contributed by atoms with Crippen LogP contribution in [0.2, 0.25) is 0 Å². The van der Waals surface area contributed by atoms with E-state index in [1.807, 2.05) is 14.1 Å². The molecule has 0 fully saturated rings. The number of hydrogen-bond acceptors (Lipinski definition) is 5. The molecule has 0 aliphatic carbocycles. The predicted octanol–water partition coefficient (Wildman–Crippen LogP) is 2.73. The van der Waals surface area contributed by atoms with Crippen molar-refractivity contribution in [3.8, 4) is 11.5 Å². The number of carbonyl (C=O) groups is 1. The average molecular weight is 383 g/mol. The number of likely N-dealkylation sites (N-methyl/N-ethyl adjacent to an activating group) is 2. The molecule has 0 radical (unpaired) electrons. The summed E-state index contributed by atoms with van der Waals surface area (Å²) < 4.78 is 10.5. The maximum absolute atomic E-state index is 12.7. The fourth-order valence-electron chi connectivity index (χ4n) is 3.66. The van der Waals surface area contributed by atoms with E-state index in [0.29, 0.717) is 23.6 Å². The molecule has 0 bridgehead atoms. The van der Waals surface area contributed by atoms with Gasteiger partial charge in [0.2, 0.25) is 0 Å². The van der Waals surface area contributed by atoms with Gasteiger partial charge in [0.25, 0.3) is 5.91 Å². The summed E-state index contributed by atoms with van der Waals surface area (Å²) in [7, 11) is 9.33. The van der Waals surface area contributed by atoms with Gasteiger partial charge in [-0.05, 0) is 55.9 Å². The summed E-state index contributed by atoms with van der Waals surface area (Å²) in [6, 6.07) is 11.9. The van der Waals surface area contributed by atoms with Crippen molar-refractivity contribution < 1.29 is 14.3 Å². The maximum Gasteiger partial charge on any atom is 0.251 e. The SMILES string of the molecule is COc1ccc(C(=O)NCC(c2ccc3c(c2)CCN3C)N(C)C)cc1OC. The van der Waals surface area contributed by atoms with Gasteiger partial charge < -0.3 is 24.6 Å². The van der Waals surface area contributed by atoms with Crippen LogP contribution in [0.3, 0.4) is 0 Å². The van der Waals surface area contributed by atoms with E-state index in [4.69, 9.17) is 9.47 Å². The normalized spacial score (nSPS) is 14.0. The van der Waals surface area contributed by atoms with Crippen LogP contribution in [0.1, 0.15) is 27.5 Å². The smallest absolute Gasteiger partial charge is 0.251 e. The molecule has 1 aliphatic heterocycles. The third-order valence-corrected chi connectivity index (χ3v) is 5.34. The van der Waals surface area contributed by atoms with Gasteiger partial charge in [0.15, 0.2) is 11.5 Å². The van der Waals surface area contributed by atoms with Crippen LogP contribution in [0.5, 0.6) is 11.5 Å². The molecule has 0 spiro atoms. The van der Waals surface area contributed by atoms with Gasteiger partial charge in [-0.2, -0.15) is 0 Å². The second kappa shape index (κ2) is 8.52. The Hall–Kier alpha value is -2.73. The van der Waals surface area contributed by atoms with Gasteiger partial charge in [-0.25, -0.2) is 0 Å². The molecule has 1 heterocycles. The molecule has 2 aromatic rings. The Kier molecular flexibility index (Phi) is 6.09. The number of anilines is 1. The van der Waals surface area contributed by atoms with Crippen molar-refractivity contribution in [3.05, 3.63) is 53.1 Å². The number of ether oxygens (including phenoxy) is 2. The number of benzene rings is 2. The van der Waals surface area contributed by atoms with Crippen molar-refractivity contribution >= 4 is 11.6 Å². The lowest BCUT2D eigenvalue weighted by Gasteiger charge is -2.26. The van der Waals surface area contributed by atoms with Crippen LogP contribution in [-0.2, 0) is 6.42 Å². The van der Waals surface area contributed by atoms with Crippen LogP contribution in [-0.4, -0.2) is 59.3 Å². The minimum absolute atomic E-state index is 0.0975. The Bertz CT molecular complexity index is 851. The molecule has 1 aliphatic rings. The summed E-state index contributed by atoms with van der Waals surface area (Å²) in [6.45, 7) is 1.58. The van der Waals surface area contributed by atoms with Crippen LogP contribution >= 0.6 is 0 Å². The van der Waals surface area contributed by atoms with Crippen molar-refractivity contribution in [3.63, 3.8) is 0 Å². The fraction of sp³-hybridized carbons (Fsp3) is 0.409. The van der Waals surface area contributed by atoms with Crippen molar-refractivity contribution in [2.75, 3.05) is 53.4 Å². The van der Waals surface area contributed by atoms with Gasteiger partial charge >= 0.3 is 0 Å². The van der Waals surface area contributed by atoms with Gasteiger partial charge in [-0.3, -0.25) is 4.79 Å². The van der Waals surface area contributed by atoms with E-state index < -0.39 is 0 Å². The largest absolute Gasteiger partial charge is 0.493 e. The first-order valence-corrected chi connectivity index (χ1v) is 9.45.